The summed E-state index contributed by atoms with van der Waals surface area (Å²) in [5.41, 5.74) is 0. The molecule has 68 valence electrons. The van der Waals surface area contributed by atoms with Crippen LogP contribution in [0.4, 0.5) is 0 Å². The number of ether oxygens (including phenoxy) is 1. The molecule has 2 atom stereocenters. The number of halogens is 1. The van der Waals surface area contributed by atoms with E-state index in [4.69, 9.17) is 14.9 Å². The maximum Gasteiger partial charge on any atom is 0.0935 e. The van der Waals surface area contributed by atoms with Crippen molar-refractivity contribution in [1.29, 1.82) is 0 Å². The number of morpholine rings is 1. The molecule has 1 heterocycles. The van der Waals surface area contributed by atoms with Crippen LogP contribution >= 0.6 is 12.4 Å². The Kier molecular flexibility index (Phi) is 5.81. The first-order valence-electron chi connectivity index (χ1n) is 3.44. The molecule has 0 aliphatic carbocycles. The highest BCUT2D eigenvalue weighted by atomic mass is 35.5. The highest BCUT2D eigenvalue weighted by molar-refractivity contribution is 5.85. The molecule has 1 rings (SSSR count). The van der Waals surface area contributed by atoms with Crippen molar-refractivity contribution >= 4 is 12.4 Å². The van der Waals surface area contributed by atoms with Crippen LogP contribution in [0.3, 0.4) is 0 Å². The van der Waals surface area contributed by atoms with Crippen molar-refractivity contribution < 1.29 is 14.9 Å². The van der Waals surface area contributed by atoms with Gasteiger partial charge in [-0.2, -0.15) is 0 Å². The van der Waals surface area contributed by atoms with Crippen LogP contribution in [0, 0.1) is 0 Å². The summed E-state index contributed by atoms with van der Waals surface area (Å²) in [6.45, 7) is 1.38. The molecule has 5 heteroatoms. The van der Waals surface area contributed by atoms with E-state index in [9.17, 15) is 0 Å². The zero-order chi connectivity index (χ0) is 7.40. The average Bonchev–Trinajstić information content (AvgIpc) is 2.05. The zero-order valence-electron chi connectivity index (χ0n) is 6.19. The summed E-state index contributed by atoms with van der Waals surface area (Å²) in [5.74, 6) is 0. The predicted octanol–water partition coefficient (Wildman–Crippen LogP) is -1.25. The molecular formula is C6H14ClNO3. The van der Waals surface area contributed by atoms with Gasteiger partial charge in [0, 0.05) is 13.1 Å². The van der Waals surface area contributed by atoms with Crippen LogP contribution in [0.25, 0.3) is 0 Å². The van der Waals surface area contributed by atoms with E-state index in [0.717, 1.165) is 0 Å². The van der Waals surface area contributed by atoms with Crippen molar-refractivity contribution in [1.82, 2.24) is 5.32 Å². The van der Waals surface area contributed by atoms with Crippen molar-refractivity contribution in [2.45, 2.75) is 12.2 Å². The molecule has 0 radical (unpaired) electrons. The molecule has 0 saturated carbocycles. The van der Waals surface area contributed by atoms with Crippen molar-refractivity contribution in [3.05, 3.63) is 0 Å². The molecule has 1 aliphatic rings. The van der Waals surface area contributed by atoms with Gasteiger partial charge in [0.2, 0.25) is 0 Å². The van der Waals surface area contributed by atoms with Gasteiger partial charge in [-0.15, -0.1) is 12.4 Å². The number of aliphatic hydroxyl groups excluding tert-OH is 2. The number of aliphatic hydroxyl groups is 2. The second-order valence-corrected chi connectivity index (χ2v) is 2.40. The minimum Gasteiger partial charge on any atom is -0.394 e. The van der Waals surface area contributed by atoms with Gasteiger partial charge in [-0.3, -0.25) is 0 Å². The zero-order valence-corrected chi connectivity index (χ0v) is 7.01. The van der Waals surface area contributed by atoms with Crippen LogP contribution in [0.2, 0.25) is 0 Å². The van der Waals surface area contributed by atoms with Gasteiger partial charge in [-0.05, 0) is 0 Å². The molecule has 0 aromatic rings. The SMILES string of the molecule is Cl.OC[C@@H]1CNC[C@H](CO)O1. The van der Waals surface area contributed by atoms with Crippen LogP contribution < -0.4 is 5.32 Å². The number of hydrogen-bond acceptors (Lipinski definition) is 4. The lowest BCUT2D eigenvalue weighted by Crippen LogP contribution is -2.47. The minimum absolute atomic E-state index is 0. The average molecular weight is 184 g/mol. The summed E-state index contributed by atoms with van der Waals surface area (Å²) in [6, 6.07) is 0. The molecule has 11 heavy (non-hydrogen) atoms. The topological polar surface area (TPSA) is 61.7 Å². The van der Waals surface area contributed by atoms with Crippen molar-refractivity contribution in [2.75, 3.05) is 26.3 Å². The fourth-order valence-electron chi connectivity index (χ4n) is 0.989. The molecular weight excluding hydrogens is 170 g/mol. The van der Waals surface area contributed by atoms with E-state index < -0.39 is 0 Å². The van der Waals surface area contributed by atoms with E-state index in [0.29, 0.717) is 13.1 Å². The third kappa shape index (κ3) is 3.35. The van der Waals surface area contributed by atoms with E-state index in [1.165, 1.54) is 0 Å². The molecule has 1 aliphatic heterocycles. The maximum atomic E-state index is 8.66. The monoisotopic (exact) mass is 183 g/mol. The standard InChI is InChI=1S/C6H13NO3.ClH/c8-3-5-1-7-2-6(4-9)10-5;/h5-9H,1-4H2;1H/t5-,6+;. The van der Waals surface area contributed by atoms with Crippen molar-refractivity contribution in [3.8, 4) is 0 Å². The first kappa shape index (κ1) is 11.1. The van der Waals surface area contributed by atoms with Crippen LogP contribution in [0.1, 0.15) is 0 Å². The third-order valence-electron chi connectivity index (χ3n) is 1.54. The van der Waals surface area contributed by atoms with Crippen molar-refractivity contribution in [2.24, 2.45) is 0 Å². The first-order chi connectivity index (χ1) is 4.86. The Morgan fingerprint density at radius 2 is 1.64 bits per heavy atom. The van der Waals surface area contributed by atoms with Gasteiger partial charge in [-0.25, -0.2) is 0 Å². The third-order valence-corrected chi connectivity index (χ3v) is 1.54. The molecule has 0 spiro atoms. The molecule has 0 amide bonds. The van der Waals surface area contributed by atoms with Gasteiger partial charge in [0.05, 0.1) is 25.4 Å². The Morgan fingerprint density at radius 3 is 2.00 bits per heavy atom. The fraction of sp³-hybridized carbons (Fsp3) is 1.00. The minimum atomic E-state index is -0.147. The summed E-state index contributed by atoms with van der Waals surface area (Å²) < 4.78 is 5.22. The Bertz CT molecular complexity index is 93.8. The van der Waals surface area contributed by atoms with Gasteiger partial charge in [0.25, 0.3) is 0 Å². The van der Waals surface area contributed by atoms with E-state index in [1.54, 1.807) is 0 Å². The summed E-state index contributed by atoms with van der Waals surface area (Å²) >= 11 is 0. The summed E-state index contributed by atoms with van der Waals surface area (Å²) in [5, 5.41) is 20.4. The maximum absolute atomic E-state index is 8.66. The predicted molar refractivity (Wildman–Crippen MR) is 43.0 cm³/mol. The summed E-state index contributed by atoms with van der Waals surface area (Å²) in [6.07, 6.45) is -0.295. The molecule has 1 saturated heterocycles. The molecule has 1 fully saturated rings. The van der Waals surface area contributed by atoms with E-state index >= 15 is 0 Å². The molecule has 0 unspecified atom stereocenters. The lowest BCUT2D eigenvalue weighted by molar-refractivity contribution is -0.0788. The summed E-state index contributed by atoms with van der Waals surface area (Å²) in [7, 11) is 0. The second-order valence-electron chi connectivity index (χ2n) is 2.40. The van der Waals surface area contributed by atoms with E-state index in [2.05, 4.69) is 5.32 Å². The van der Waals surface area contributed by atoms with Crippen LogP contribution in [0.5, 0.6) is 0 Å². The van der Waals surface area contributed by atoms with Gasteiger partial charge < -0.3 is 20.3 Å². The van der Waals surface area contributed by atoms with E-state index in [-0.39, 0.29) is 37.8 Å². The molecule has 0 aromatic heterocycles. The highest BCUT2D eigenvalue weighted by Crippen LogP contribution is 2.01. The smallest absolute Gasteiger partial charge is 0.0935 e. The van der Waals surface area contributed by atoms with Gasteiger partial charge in [-0.1, -0.05) is 0 Å². The molecule has 0 aromatic carbocycles. The quantitative estimate of drug-likeness (QED) is 0.501. The normalized spacial score (nSPS) is 31.1. The van der Waals surface area contributed by atoms with Crippen LogP contribution in [0.15, 0.2) is 0 Å². The fourth-order valence-corrected chi connectivity index (χ4v) is 0.989. The number of hydrogen-bond donors (Lipinski definition) is 3. The number of rotatable bonds is 2. The second kappa shape index (κ2) is 5.74. The Morgan fingerprint density at radius 1 is 1.18 bits per heavy atom. The van der Waals surface area contributed by atoms with Gasteiger partial charge >= 0.3 is 0 Å². The summed E-state index contributed by atoms with van der Waals surface area (Å²) in [4.78, 5) is 0. The van der Waals surface area contributed by atoms with Gasteiger partial charge in [0.15, 0.2) is 0 Å². The first-order valence-corrected chi connectivity index (χ1v) is 3.44. The lowest BCUT2D eigenvalue weighted by atomic mass is 10.2. The van der Waals surface area contributed by atoms with Crippen molar-refractivity contribution in [3.63, 3.8) is 0 Å². The Labute approximate surface area is 72.0 Å². The lowest BCUT2D eigenvalue weighted by Gasteiger charge is -2.28. The largest absolute Gasteiger partial charge is 0.394 e. The van der Waals surface area contributed by atoms with Crippen LogP contribution in [-0.4, -0.2) is 48.7 Å². The Hall–Kier alpha value is 0.130. The molecule has 3 N–H and O–H groups in total. The molecule has 0 bridgehead atoms. The van der Waals surface area contributed by atoms with Crippen LogP contribution in [-0.2, 0) is 4.74 Å². The highest BCUT2D eigenvalue weighted by Gasteiger charge is 2.19. The Balaban J connectivity index is 0.000001000. The number of nitrogens with one attached hydrogen (secondary N) is 1. The molecule has 4 nitrogen and oxygen atoms in total. The van der Waals surface area contributed by atoms with E-state index in [1.807, 2.05) is 0 Å². The van der Waals surface area contributed by atoms with Gasteiger partial charge in [0.1, 0.15) is 0 Å².